The van der Waals surface area contributed by atoms with Gasteiger partial charge in [-0.25, -0.2) is 0 Å². The van der Waals surface area contributed by atoms with Crippen LogP contribution >= 0.6 is 0 Å². The van der Waals surface area contributed by atoms with Crippen LogP contribution in [0.4, 0.5) is 0 Å². The van der Waals surface area contributed by atoms with Gasteiger partial charge in [-0.3, -0.25) is 4.79 Å². The molecule has 19 heavy (non-hydrogen) atoms. The van der Waals surface area contributed by atoms with Crippen molar-refractivity contribution in [3.8, 4) is 0 Å². The van der Waals surface area contributed by atoms with Crippen LogP contribution in [0.2, 0.25) is 0 Å². The molecule has 0 saturated carbocycles. The molecule has 1 aliphatic rings. The standard InChI is InChI=1S/C16H32N2O/c1-12(2)17-13(15(3,4)5)11-18-9-8-16(6,7)10-14(18)19/h12-13,17H,8-11H2,1-7H3/t13-/m1/s1. The van der Waals surface area contributed by atoms with E-state index in [1.54, 1.807) is 0 Å². The summed E-state index contributed by atoms with van der Waals surface area (Å²) < 4.78 is 0. The highest BCUT2D eigenvalue weighted by atomic mass is 16.2. The molecule has 0 radical (unpaired) electrons. The molecule has 0 unspecified atom stereocenters. The molecule has 1 amide bonds. The fourth-order valence-corrected chi connectivity index (χ4v) is 2.56. The van der Waals surface area contributed by atoms with E-state index in [9.17, 15) is 4.79 Å². The van der Waals surface area contributed by atoms with Crippen molar-refractivity contribution in [1.82, 2.24) is 10.2 Å². The molecule has 1 saturated heterocycles. The molecule has 112 valence electrons. The van der Waals surface area contributed by atoms with Crippen molar-refractivity contribution in [3.63, 3.8) is 0 Å². The summed E-state index contributed by atoms with van der Waals surface area (Å²) in [4.78, 5) is 14.3. The van der Waals surface area contributed by atoms with Crippen molar-refractivity contribution in [1.29, 1.82) is 0 Å². The summed E-state index contributed by atoms with van der Waals surface area (Å²) in [5.74, 6) is 0.316. The number of carbonyl (C=O) groups is 1. The third-order valence-corrected chi connectivity index (χ3v) is 4.02. The summed E-state index contributed by atoms with van der Waals surface area (Å²) in [6.07, 6.45) is 1.79. The maximum atomic E-state index is 12.3. The summed E-state index contributed by atoms with van der Waals surface area (Å²) >= 11 is 0. The highest BCUT2D eigenvalue weighted by molar-refractivity contribution is 5.77. The van der Waals surface area contributed by atoms with Gasteiger partial charge in [0.25, 0.3) is 0 Å². The van der Waals surface area contributed by atoms with Crippen LogP contribution in [0.1, 0.15) is 61.3 Å². The van der Waals surface area contributed by atoms with Gasteiger partial charge in [-0.2, -0.15) is 0 Å². The Morgan fingerprint density at radius 1 is 1.32 bits per heavy atom. The van der Waals surface area contributed by atoms with Gasteiger partial charge >= 0.3 is 0 Å². The Hall–Kier alpha value is -0.570. The minimum Gasteiger partial charge on any atom is -0.341 e. The Labute approximate surface area is 119 Å². The molecule has 0 aromatic carbocycles. The molecule has 0 aromatic rings. The van der Waals surface area contributed by atoms with Crippen LogP contribution in [0.15, 0.2) is 0 Å². The number of nitrogens with one attached hydrogen (secondary N) is 1. The van der Waals surface area contributed by atoms with Crippen LogP contribution in [0.5, 0.6) is 0 Å². The van der Waals surface area contributed by atoms with E-state index in [0.29, 0.717) is 24.4 Å². The van der Waals surface area contributed by atoms with Gasteiger partial charge in [-0.05, 0) is 17.3 Å². The monoisotopic (exact) mass is 268 g/mol. The SMILES string of the molecule is CC(C)N[C@H](CN1CCC(C)(C)CC1=O)C(C)(C)C. The first-order chi connectivity index (χ1) is 8.51. The van der Waals surface area contributed by atoms with Crippen molar-refractivity contribution >= 4 is 5.91 Å². The fraction of sp³-hybridized carbons (Fsp3) is 0.938. The zero-order valence-corrected chi connectivity index (χ0v) is 13.8. The Kier molecular flexibility index (Phi) is 5.05. The summed E-state index contributed by atoms with van der Waals surface area (Å²) in [6, 6.07) is 0.790. The van der Waals surface area contributed by atoms with Gasteiger partial charge in [-0.15, -0.1) is 0 Å². The van der Waals surface area contributed by atoms with Gasteiger partial charge in [0.15, 0.2) is 0 Å². The van der Waals surface area contributed by atoms with E-state index in [1.807, 2.05) is 0 Å². The number of likely N-dealkylation sites (tertiary alicyclic amines) is 1. The third-order valence-electron chi connectivity index (χ3n) is 4.02. The Morgan fingerprint density at radius 3 is 2.32 bits per heavy atom. The van der Waals surface area contributed by atoms with E-state index in [1.165, 1.54) is 0 Å². The molecule has 0 spiro atoms. The third kappa shape index (κ3) is 5.13. The van der Waals surface area contributed by atoms with Crippen molar-refractivity contribution in [3.05, 3.63) is 0 Å². The molecule has 0 aliphatic carbocycles. The van der Waals surface area contributed by atoms with Gasteiger partial charge in [0.1, 0.15) is 0 Å². The molecule has 1 rings (SSSR count). The average Bonchev–Trinajstić information content (AvgIpc) is 2.17. The van der Waals surface area contributed by atoms with Crippen LogP contribution in [0, 0.1) is 10.8 Å². The van der Waals surface area contributed by atoms with Crippen LogP contribution in [-0.4, -0.2) is 36.0 Å². The minimum absolute atomic E-state index is 0.164. The topological polar surface area (TPSA) is 32.3 Å². The Balaban J connectivity index is 2.67. The highest BCUT2D eigenvalue weighted by Gasteiger charge is 2.34. The number of hydrogen-bond donors (Lipinski definition) is 1. The van der Waals surface area contributed by atoms with Crippen molar-refractivity contribution in [2.75, 3.05) is 13.1 Å². The maximum Gasteiger partial charge on any atom is 0.223 e. The summed E-state index contributed by atoms with van der Waals surface area (Å²) in [5.41, 5.74) is 0.341. The fourth-order valence-electron chi connectivity index (χ4n) is 2.56. The van der Waals surface area contributed by atoms with E-state index in [4.69, 9.17) is 0 Å². The molecular weight excluding hydrogens is 236 g/mol. The van der Waals surface area contributed by atoms with Gasteiger partial charge in [0.05, 0.1) is 0 Å². The molecule has 3 nitrogen and oxygen atoms in total. The lowest BCUT2D eigenvalue weighted by Gasteiger charge is -2.41. The van der Waals surface area contributed by atoms with Gasteiger partial charge in [0.2, 0.25) is 5.91 Å². The summed E-state index contributed by atoms with van der Waals surface area (Å²) in [7, 11) is 0. The Bertz CT molecular complexity index is 315. The molecule has 1 fully saturated rings. The van der Waals surface area contributed by atoms with E-state index in [0.717, 1.165) is 19.5 Å². The lowest BCUT2D eigenvalue weighted by Crippen LogP contribution is -2.54. The summed E-state index contributed by atoms with van der Waals surface area (Å²) in [5, 5.41) is 3.61. The normalized spacial score (nSPS) is 21.9. The van der Waals surface area contributed by atoms with E-state index in [2.05, 4.69) is 58.7 Å². The first-order valence-corrected chi connectivity index (χ1v) is 7.55. The molecular formula is C16H32N2O. The lowest BCUT2D eigenvalue weighted by molar-refractivity contribution is -0.138. The van der Waals surface area contributed by atoms with Gasteiger partial charge in [0, 0.05) is 31.6 Å². The number of piperidine rings is 1. The smallest absolute Gasteiger partial charge is 0.223 e. The predicted molar refractivity (Wildman–Crippen MR) is 81.1 cm³/mol. The molecule has 0 bridgehead atoms. The number of carbonyl (C=O) groups excluding carboxylic acids is 1. The molecule has 1 aliphatic heterocycles. The van der Waals surface area contributed by atoms with E-state index < -0.39 is 0 Å². The molecule has 3 heteroatoms. The van der Waals surface area contributed by atoms with Gasteiger partial charge < -0.3 is 10.2 Å². The molecule has 1 N–H and O–H groups in total. The van der Waals surface area contributed by atoms with Crippen LogP contribution in [-0.2, 0) is 4.79 Å². The van der Waals surface area contributed by atoms with E-state index in [-0.39, 0.29) is 10.8 Å². The van der Waals surface area contributed by atoms with Crippen molar-refractivity contribution < 1.29 is 4.79 Å². The largest absolute Gasteiger partial charge is 0.341 e. The van der Waals surface area contributed by atoms with Crippen LogP contribution in [0.25, 0.3) is 0 Å². The zero-order chi connectivity index (χ0) is 14.8. The predicted octanol–water partition coefficient (Wildman–Crippen LogP) is 3.05. The highest BCUT2D eigenvalue weighted by Crippen LogP contribution is 2.31. The lowest BCUT2D eigenvalue weighted by atomic mass is 9.81. The number of nitrogens with zero attached hydrogens (tertiary/aromatic N) is 1. The first kappa shape index (κ1) is 16.5. The first-order valence-electron chi connectivity index (χ1n) is 7.55. The van der Waals surface area contributed by atoms with Crippen molar-refractivity contribution in [2.45, 2.75) is 73.4 Å². The second kappa shape index (κ2) is 5.82. The quantitative estimate of drug-likeness (QED) is 0.850. The number of hydrogen-bond acceptors (Lipinski definition) is 2. The molecule has 1 heterocycles. The van der Waals surface area contributed by atoms with Crippen molar-refractivity contribution in [2.24, 2.45) is 10.8 Å². The average molecular weight is 268 g/mol. The van der Waals surface area contributed by atoms with Gasteiger partial charge in [-0.1, -0.05) is 48.5 Å². The number of amides is 1. The van der Waals surface area contributed by atoms with E-state index >= 15 is 0 Å². The molecule has 0 aromatic heterocycles. The Morgan fingerprint density at radius 2 is 1.89 bits per heavy atom. The van der Waals surface area contributed by atoms with Crippen LogP contribution in [0.3, 0.4) is 0 Å². The maximum absolute atomic E-state index is 12.3. The number of rotatable bonds is 4. The second-order valence-corrected chi connectivity index (χ2v) is 8.17. The van der Waals surface area contributed by atoms with Crippen LogP contribution < -0.4 is 5.32 Å². The zero-order valence-electron chi connectivity index (χ0n) is 13.8. The minimum atomic E-state index is 0.164. The molecule has 1 atom stereocenters. The second-order valence-electron chi connectivity index (χ2n) is 8.17. The summed E-state index contributed by atoms with van der Waals surface area (Å²) in [6.45, 7) is 17.2.